The van der Waals surface area contributed by atoms with Crippen LogP contribution in [0.5, 0.6) is 0 Å². The molecule has 1 amide bonds. The minimum absolute atomic E-state index is 0.0270. The van der Waals surface area contributed by atoms with Crippen LogP contribution in [-0.4, -0.2) is 36.7 Å². The van der Waals surface area contributed by atoms with Gasteiger partial charge in [0.15, 0.2) is 0 Å². The normalized spacial score (nSPS) is 13.1. The molecular weight excluding hydrogens is 246 g/mol. The molecule has 0 aromatic rings. The van der Waals surface area contributed by atoms with E-state index in [1.807, 2.05) is 20.8 Å². The van der Waals surface area contributed by atoms with Gasteiger partial charge in [-0.25, -0.2) is 0 Å². The molecule has 1 atom stereocenters. The van der Waals surface area contributed by atoms with Crippen molar-refractivity contribution >= 4 is 11.9 Å². The van der Waals surface area contributed by atoms with Gasteiger partial charge in [0.25, 0.3) is 0 Å². The van der Waals surface area contributed by atoms with Gasteiger partial charge < -0.3 is 15.2 Å². The van der Waals surface area contributed by atoms with Crippen molar-refractivity contribution in [1.82, 2.24) is 5.32 Å². The summed E-state index contributed by atoms with van der Waals surface area (Å²) in [6.07, 6.45) is 2.71. The molecule has 0 aromatic carbocycles. The third-order valence-electron chi connectivity index (χ3n) is 3.68. The van der Waals surface area contributed by atoms with Gasteiger partial charge in [-0.3, -0.25) is 9.59 Å². The number of ether oxygens (including phenoxy) is 1. The number of methoxy groups -OCH3 is 1. The Morgan fingerprint density at radius 2 is 1.84 bits per heavy atom. The van der Waals surface area contributed by atoms with Crippen LogP contribution in [0.1, 0.15) is 52.9 Å². The number of carbonyl (C=O) groups excluding carboxylic acids is 1. The average molecular weight is 273 g/mol. The Morgan fingerprint density at radius 3 is 2.21 bits per heavy atom. The maximum absolute atomic E-state index is 12.0. The molecule has 0 aromatic heterocycles. The maximum atomic E-state index is 12.0. The molecule has 0 spiro atoms. The molecule has 0 rings (SSSR count). The highest BCUT2D eigenvalue weighted by Gasteiger charge is 2.37. The first-order chi connectivity index (χ1) is 8.95. The van der Waals surface area contributed by atoms with E-state index in [9.17, 15) is 14.7 Å². The van der Waals surface area contributed by atoms with Crippen molar-refractivity contribution in [3.8, 4) is 0 Å². The molecule has 0 fully saturated rings. The van der Waals surface area contributed by atoms with E-state index in [2.05, 4.69) is 5.32 Å². The lowest BCUT2D eigenvalue weighted by atomic mass is 9.79. The number of hydrogen-bond acceptors (Lipinski definition) is 3. The predicted molar refractivity (Wildman–Crippen MR) is 74.0 cm³/mol. The lowest BCUT2D eigenvalue weighted by Gasteiger charge is -2.27. The molecule has 112 valence electrons. The third-order valence-corrected chi connectivity index (χ3v) is 3.68. The topological polar surface area (TPSA) is 75.6 Å². The van der Waals surface area contributed by atoms with Crippen molar-refractivity contribution in [2.45, 2.75) is 58.9 Å². The number of amides is 1. The second-order valence-electron chi connectivity index (χ2n) is 4.98. The molecule has 1 unspecified atom stereocenters. The summed E-state index contributed by atoms with van der Waals surface area (Å²) in [6, 6.07) is -0.0392. The van der Waals surface area contributed by atoms with Crippen LogP contribution >= 0.6 is 0 Å². The largest absolute Gasteiger partial charge is 0.481 e. The highest BCUT2D eigenvalue weighted by molar-refractivity contribution is 5.85. The summed E-state index contributed by atoms with van der Waals surface area (Å²) in [5.74, 6) is -1.10. The van der Waals surface area contributed by atoms with E-state index in [0.29, 0.717) is 19.4 Å². The van der Waals surface area contributed by atoms with E-state index in [-0.39, 0.29) is 18.4 Å². The zero-order valence-corrected chi connectivity index (χ0v) is 12.5. The fraction of sp³-hybridized carbons (Fsp3) is 0.857. The second-order valence-corrected chi connectivity index (χ2v) is 4.98. The first kappa shape index (κ1) is 17.9. The van der Waals surface area contributed by atoms with Crippen molar-refractivity contribution < 1.29 is 19.4 Å². The molecular formula is C14H27NO4. The Morgan fingerprint density at radius 1 is 1.26 bits per heavy atom. The van der Waals surface area contributed by atoms with Crippen LogP contribution in [0, 0.1) is 5.41 Å². The SMILES string of the molecule is CCCC(COC)NC(=O)CC(CC)(CC)C(=O)O. The first-order valence-corrected chi connectivity index (χ1v) is 6.97. The lowest BCUT2D eigenvalue weighted by Crippen LogP contribution is -2.42. The van der Waals surface area contributed by atoms with Crippen LogP contribution in [0.25, 0.3) is 0 Å². The number of nitrogens with one attached hydrogen (secondary N) is 1. The summed E-state index contributed by atoms with van der Waals surface area (Å²) >= 11 is 0. The van der Waals surface area contributed by atoms with Gasteiger partial charge >= 0.3 is 5.97 Å². The van der Waals surface area contributed by atoms with Gasteiger partial charge in [-0.15, -0.1) is 0 Å². The van der Waals surface area contributed by atoms with Crippen LogP contribution < -0.4 is 5.32 Å². The summed E-state index contributed by atoms with van der Waals surface area (Å²) in [7, 11) is 1.59. The Bertz CT molecular complexity index is 281. The molecule has 0 bridgehead atoms. The van der Waals surface area contributed by atoms with Crippen molar-refractivity contribution in [2.75, 3.05) is 13.7 Å². The molecule has 5 heteroatoms. The zero-order valence-electron chi connectivity index (χ0n) is 12.5. The van der Waals surface area contributed by atoms with Gasteiger partial charge in [0.2, 0.25) is 5.91 Å². The quantitative estimate of drug-likeness (QED) is 0.640. The Balaban J connectivity index is 4.60. The van der Waals surface area contributed by atoms with Gasteiger partial charge in [-0.05, 0) is 19.3 Å². The number of aliphatic carboxylic acids is 1. The van der Waals surface area contributed by atoms with Crippen LogP contribution in [0.4, 0.5) is 0 Å². The number of rotatable bonds is 10. The highest BCUT2D eigenvalue weighted by atomic mass is 16.5. The molecule has 2 N–H and O–H groups in total. The van der Waals surface area contributed by atoms with Gasteiger partial charge in [0.05, 0.1) is 18.1 Å². The molecule has 0 radical (unpaired) electrons. The van der Waals surface area contributed by atoms with E-state index in [1.54, 1.807) is 7.11 Å². The Kier molecular flexibility index (Phi) is 8.39. The fourth-order valence-corrected chi connectivity index (χ4v) is 2.21. The summed E-state index contributed by atoms with van der Waals surface area (Å²) in [6.45, 7) is 6.11. The van der Waals surface area contributed by atoms with E-state index >= 15 is 0 Å². The van der Waals surface area contributed by atoms with Crippen LogP contribution in [0.2, 0.25) is 0 Å². The van der Waals surface area contributed by atoms with Crippen molar-refractivity contribution in [1.29, 1.82) is 0 Å². The molecule has 0 aliphatic rings. The molecule has 0 aliphatic carbocycles. The maximum Gasteiger partial charge on any atom is 0.310 e. The minimum atomic E-state index is -0.950. The van der Waals surface area contributed by atoms with Crippen molar-refractivity contribution in [3.63, 3.8) is 0 Å². The smallest absolute Gasteiger partial charge is 0.310 e. The fourth-order valence-electron chi connectivity index (χ4n) is 2.21. The zero-order chi connectivity index (χ0) is 14.9. The van der Waals surface area contributed by atoms with Gasteiger partial charge in [0, 0.05) is 13.5 Å². The molecule has 19 heavy (non-hydrogen) atoms. The average Bonchev–Trinajstić information content (AvgIpc) is 2.36. The first-order valence-electron chi connectivity index (χ1n) is 6.97. The summed E-state index contributed by atoms with van der Waals surface area (Å²) < 4.78 is 5.06. The second kappa shape index (κ2) is 8.91. The third kappa shape index (κ3) is 5.59. The molecule has 0 heterocycles. The molecule has 0 saturated carbocycles. The molecule has 0 saturated heterocycles. The Labute approximate surface area is 115 Å². The number of carbonyl (C=O) groups is 2. The summed E-state index contributed by atoms with van der Waals surface area (Å²) in [5, 5.41) is 12.2. The predicted octanol–water partition coefficient (Wildman–Crippen LogP) is 2.20. The van der Waals surface area contributed by atoms with Crippen molar-refractivity contribution in [3.05, 3.63) is 0 Å². The van der Waals surface area contributed by atoms with E-state index in [4.69, 9.17) is 4.74 Å². The van der Waals surface area contributed by atoms with E-state index < -0.39 is 11.4 Å². The van der Waals surface area contributed by atoms with Crippen LogP contribution in [0.3, 0.4) is 0 Å². The van der Waals surface area contributed by atoms with Crippen LogP contribution in [-0.2, 0) is 14.3 Å². The molecule has 0 aliphatic heterocycles. The van der Waals surface area contributed by atoms with Gasteiger partial charge in [-0.2, -0.15) is 0 Å². The highest BCUT2D eigenvalue weighted by Crippen LogP contribution is 2.30. The monoisotopic (exact) mass is 273 g/mol. The van der Waals surface area contributed by atoms with Crippen molar-refractivity contribution in [2.24, 2.45) is 5.41 Å². The standard InChI is InChI=1S/C14H27NO4/c1-5-8-11(10-19-4)15-12(16)9-14(6-2,7-3)13(17)18/h11H,5-10H2,1-4H3,(H,15,16)(H,17,18). The number of carboxylic acid groups (broad SMARTS) is 1. The lowest BCUT2D eigenvalue weighted by molar-refractivity contribution is -0.152. The van der Waals surface area contributed by atoms with E-state index in [1.165, 1.54) is 0 Å². The minimum Gasteiger partial charge on any atom is -0.481 e. The van der Waals surface area contributed by atoms with Gasteiger partial charge in [-0.1, -0.05) is 27.2 Å². The number of hydrogen-bond donors (Lipinski definition) is 2. The Hall–Kier alpha value is -1.10. The molecule has 5 nitrogen and oxygen atoms in total. The summed E-state index contributed by atoms with van der Waals surface area (Å²) in [5.41, 5.74) is -0.950. The van der Waals surface area contributed by atoms with Crippen LogP contribution in [0.15, 0.2) is 0 Å². The van der Waals surface area contributed by atoms with Gasteiger partial charge in [0.1, 0.15) is 0 Å². The van der Waals surface area contributed by atoms with E-state index in [0.717, 1.165) is 12.8 Å². The summed E-state index contributed by atoms with van der Waals surface area (Å²) in [4.78, 5) is 23.4. The number of carboxylic acids is 1.